The number of hydrogen-bond acceptors (Lipinski definition) is 4. The van der Waals surface area contributed by atoms with E-state index in [0.717, 1.165) is 24.3 Å². The highest BCUT2D eigenvalue weighted by Gasteiger charge is 2.52. The van der Waals surface area contributed by atoms with E-state index in [1.54, 1.807) is 7.11 Å². The number of rotatable bonds is 9. The topological polar surface area (TPSA) is 61.8 Å². The van der Waals surface area contributed by atoms with Crippen LogP contribution in [-0.4, -0.2) is 48.3 Å². The fourth-order valence-corrected chi connectivity index (χ4v) is 6.56. The van der Waals surface area contributed by atoms with Crippen molar-refractivity contribution < 1.29 is 14.6 Å². The van der Waals surface area contributed by atoms with Gasteiger partial charge in [-0.25, -0.2) is 0 Å². The Morgan fingerprint density at radius 1 is 1.00 bits per heavy atom. The summed E-state index contributed by atoms with van der Waals surface area (Å²) in [6, 6.07) is 28.0. The van der Waals surface area contributed by atoms with Crippen molar-refractivity contribution in [1.29, 1.82) is 0 Å². The Hall–Kier alpha value is -3.15. The summed E-state index contributed by atoms with van der Waals surface area (Å²) in [6.07, 6.45) is 0.893. The van der Waals surface area contributed by atoms with Gasteiger partial charge < -0.3 is 15.2 Å². The maximum absolute atomic E-state index is 12.3. The van der Waals surface area contributed by atoms with E-state index in [1.165, 1.54) is 16.7 Å². The van der Waals surface area contributed by atoms with Gasteiger partial charge in [-0.3, -0.25) is 9.69 Å². The summed E-state index contributed by atoms with van der Waals surface area (Å²) in [7, 11) is 1.71. The second-order valence-corrected chi connectivity index (χ2v) is 10.8. The Morgan fingerprint density at radius 3 is 2.22 bits per heavy atom. The zero-order valence-corrected chi connectivity index (χ0v) is 22.0. The number of carboxylic acid groups (broad SMARTS) is 1. The predicted octanol–water partition coefficient (Wildman–Crippen LogP) is 5.51. The van der Waals surface area contributed by atoms with E-state index in [1.807, 2.05) is 0 Å². The van der Waals surface area contributed by atoms with E-state index < -0.39 is 5.97 Å². The van der Waals surface area contributed by atoms with Crippen LogP contribution in [0.2, 0.25) is 0 Å². The molecule has 0 spiro atoms. The van der Waals surface area contributed by atoms with Crippen molar-refractivity contribution in [1.82, 2.24) is 10.2 Å². The summed E-state index contributed by atoms with van der Waals surface area (Å²) < 4.78 is 5.71. The second kappa shape index (κ2) is 11.1. The lowest BCUT2D eigenvalue weighted by Gasteiger charge is -2.56. The summed E-state index contributed by atoms with van der Waals surface area (Å²) in [5.41, 5.74) is 4.93. The minimum Gasteiger partial charge on any atom is -0.496 e. The van der Waals surface area contributed by atoms with E-state index >= 15 is 0 Å². The van der Waals surface area contributed by atoms with Crippen molar-refractivity contribution in [2.24, 2.45) is 11.8 Å². The van der Waals surface area contributed by atoms with Crippen LogP contribution in [0.15, 0.2) is 78.9 Å². The van der Waals surface area contributed by atoms with Gasteiger partial charge in [0.2, 0.25) is 0 Å². The van der Waals surface area contributed by atoms with Crippen LogP contribution >= 0.6 is 0 Å². The minimum absolute atomic E-state index is 0.0291. The van der Waals surface area contributed by atoms with Gasteiger partial charge in [0.1, 0.15) is 5.75 Å². The number of carbonyl (C=O) groups is 1. The molecule has 0 radical (unpaired) electrons. The first kappa shape index (κ1) is 25.5. The summed E-state index contributed by atoms with van der Waals surface area (Å²) in [6.45, 7) is 6.57. The molecular formula is C32H38N2O3. The van der Waals surface area contributed by atoms with Gasteiger partial charge in [0.15, 0.2) is 0 Å². The number of benzene rings is 3. The van der Waals surface area contributed by atoms with Gasteiger partial charge in [-0.05, 0) is 47.6 Å². The fraction of sp³-hybridized carbons (Fsp3) is 0.406. The summed E-state index contributed by atoms with van der Waals surface area (Å²) in [5.74, 6) is 0.454. The minimum atomic E-state index is -0.685. The molecule has 3 fully saturated rings. The zero-order valence-electron chi connectivity index (χ0n) is 22.0. The molecule has 194 valence electrons. The number of aliphatic carboxylic acids is 1. The molecule has 3 aromatic carbocycles. The monoisotopic (exact) mass is 498 g/mol. The Labute approximate surface area is 220 Å². The van der Waals surface area contributed by atoms with Gasteiger partial charge in [-0.2, -0.15) is 0 Å². The first-order valence-electron chi connectivity index (χ1n) is 13.4. The first-order chi connectivity index (χ1) is 18.0. The lowest BCUT2D eigenvalue weighted by molar-refractivity contribution is -0.152. The highest BCUT2D eigenvalue weighted by molar-refractivity contribution is 5.71. The van der Waals surface area contributed by atoms with Crippen molar-refractivity contribution in [2.45, 2.75) is 50.7 Å². The zero-order chi connectivity index (χ0) is 25.9. The number of fused-ring (bicyclic) bond motifs is 3. The molecule has 5 nitrogen and oxygen atoms in total. The largest absolute Gasteiger partial charge is 0.496 e. The van der Waals surface area contributed by atoms with E-state index in [-0.39, 0.29) is 29.8 Å². The third-order valence-corrected chi connectivity index (χ3v) is 8.42. The molecule has 3 aromatic rings. The van der Waals surface area contributed by atoms with Crippen LogP contribution in [-0.2, 0) is 11.3 Å². The van der Waals surface area contributed by atoms with Crippen molar-refractivity contribution in [2.75, 3.05) is 20.2 Å². The summed E-state index contributed by atoms with van der Waals surface area (Å²) in [5, 5.41) is 14.0. The molecule has 2 bridgehead atoms. The molecule has 3 unspecified atom stereocenters. The Kier molecular flexibility index (Phi) is 7.63. The average Bonchev–Trinajstić information content (AvgIpc) is 2.93. The summed E-state index contributed by atoms with van der Waals surface area (Å²) in [4.78, 5) is 14.8. The van der Waals surface area contributed by atoms with Crippen LogP contribution in [0.25, 0.3) is 0 Å². The molecule has 3 aliphatic rings. The smallest absolute Gasteiger partial charge is 0.308 e. The van der Waals surface area contributed by atoms with Crippen molar-refractivity contribution in [3.63, 3.8) is 0 Å². The molecule has 5 atom stereocenters. The number of piperidine rings is 3. The fourth-order valence-electron chi connectivity index (χ4n) is 6.56. The normalized spacial score (nSPS) is 24.9. The Bertz CT molecular complexity index is 1160. The van der Waals surface area contributed by atoms with Crippen LogP contribution in [0.4, 0.5) is 0 Å². The van der Waals surface area contributed by atoms with E-state index in [4.69, 9.17) is 4.74 Å². The van der Waals surface area contributed by atoms with Crippen LogP contribution in [0.3, 0.4) is 0 Å². The molecule has 3 heterocycles. The molecule has 0 aromatic heterocycles. The van der Waals surface area contributed by atoms with Gasteiger partial charge in [0, 0.05) is 36.7 Å². The lowest BCUT2D eigenvalue weighted by atomic mass is 9.66. The van der Waals surface area contributed by atoms with Gasteiger partial charge in [-0.15, -0.1) is 0 Å². The van der Waals surface area contributed by atoms with Gasteiger partial charge in [0.25, 0.3) is 0 Å². The maximum atomic E-state index is 12.3. The van der Waals surface area contributed by atoms with Crippen LogP contribution < -0.4 is 10.1 Å². The molecule has 0 amide bonds. The molecule has 37 heavy (non-hydrogen) atoms. The van der Waals surface area contributed by atoms with Crippen LogP contribution in [0, 0.1) is 11.8 Å². The summed E-state index contributed by atoms with van der Waals surface area (Å²) >= 11 is 0. The highest BCUT2D eigenvalue weighted by atomic mass is 16.5. The second-order valence-electron chi connectivity index (χ2n) is 10.8. The predicted molar refractivity (Wildman–Crippen MR) is 147 cm³/mol. The molecule has 6 rings (SSSR count). The quantitative estimate of drug-likeness (QED) is 0.407. The third-order valence-electron chi connectivity index (χ3n) is 8.42. The van der Waals surface area contributed by atoms with Gasteiger partial charge >= 0.3 is 5.97 Å². The number of nitrogens with zero attached hydrogens (tertiary/aromatic N) is 1. The molecule has 2 N–H and O–H groups in total. The van der Waals surface area contributed by atoms with Crippen molar-refractivity contribution in [3.05, 3.63) is 101 Å². The molecule has 3 saturated heterocycles. The average molecular weight is 499 g/mol. The highest BCUT2D eigenvalue weighted by Crippen LogP contribution is 2.44. The standard InChI is InChI=1S/C32H38N2O3/c1-21(2)24-14-15-28(37-3)25(18-24)19-33-30-26-16-17-34(20-27(26)32(35)36)31(30)29(22-10-6-4-7-11-22)23-12-8-5-9-13-23/h4-15,18,21,26-27,29-31,33H,16-17,19-20H2,1-3H3,(H,35,36)/t26?,27?,30-,31-/m1/s1. The van der Waals surface area contributed by atoms with E-state index in [0.29, 0.717) is 19.0 Å². The molecule has 5 heteroatoms. The lowest BCUT2D eigenvalue weighted by Crippen LogP contribution is -2.68. The molecule has 0 aliphatic carbocycles. The molecular weight excluding hydrogens is 460 g/mol. The number of ether oxygens (including phenoxy) is 1. The SMILES string of the molecule is COc1ccc(C(C)C)cc1CN[C@@H]1C2CCN(CC2C(=O)O)[C@@H]1C(c1ccccc1)c1ccccc1. The van der Waals surface area contributed by atoms with Gasteiger partial charge in [-0.1, -0.05) is 86.6 Å². The number of nitrogens with one attached hydrogen (secondary N) is 1. The van der Waals surface area contributed by atoms with Crippen LogP contribution in [0.5, 0.6) is 5.75 Å². The molecule has 3 aliphatic heterocycles. The number of carboxylic acids is 1. The van der Waals surface area contributed by atoms with E-state index in [9.17, 15) is 9.90 Å². The molecule has 0 saturated carbocycles. The number of hydrogen-bond donors (Lipinski definition) is 2. The number of methoxy groups -OCH3 is 1. The van der Waals surface area contributed by atoms with Crippen LogP contribution in [0.1, 0.15) is 54.4 Å². The third kappa shape index (κ3) is 5.16. The Balaban J connectivity index is 1.54. The Morgan fingerprint density at radius 2 is 1.65 bits per heavy atom. The van der Waals surface area contributed by atoms with Gasteiger partial charge in [0.05, 0.1) is 13.0 Å². The first-order valence-corrected chi connectivity index (χ1v) is 13.4. The van der Waals surface area contributed by atoms with Crippen molar-refractivity contribution in [3.8, 4) is 5.75 Å². The van der Waals surface area contributed by atoms with E-state index in [2.05, 4.69) is 103 Å². The van der Waals surface area contributed by atoms with Crippen molar-refractivity contribution >= 4 is 5.97 Å². The maximum Gasteiger partial charge on any atom is 0.308 e.